The summed E-state index contributed by atoms with van der Waals surface area (Å²) in [6, 6.07) is 12.4. The largest absolute Gasteiger partial charge is 0.462 e. The SMILES string of the molecule is CCCOC1CCC(C(=O)Oc2ccc(/C=C/C(=O)OCC(C)(C)c3ccc(N)cc3N)cc2)CC1. The van der Waals surface area contributed by atoms with Crippen LogP contribution in [0.1, 0.15) is 64.0 Å². The lowest BCUT2D eigenvalue weighted by atomic mass is 9.84. The highest BCUT2D eigenvalue weighted by atomic mass is 16.5. The Balaban J connectivity index is 1.45. The van der Waals surface area contributed by atoms with Crippen LogP contribution < -0.4 is 16.2 Å². The van der Waals surface area contributed by atoms with Gasteiger partial charge in [-0.2, -0.15) is 0 Å². The number of rotatable bonds is 10. The Bertz CT molecular complexity index is 1050. The summed E-state index contributed by atoms with van der Waals surface area (Å²) >= 11 is 0. The summed E-state index contributed by atoms with van der Waals surface area (Å²) in [5, 5.41) is 0. The summed E-state index contributed by atoms with van der Waals surface area (Å²) in [5.41, 5.74) is 14.2. The van der Waals surface area contributed by atoms with Gasteiger partial charge in [0.2, 0.25) is 0 Å². The molecule has 1 saturated carbocycles. The molecule has 7 nitrogen and oxygen atoms in total. The van der Waals surface area contributed by atoms with E-state index in [1.165, 1.54) is 6.08 Å². The van der Waals surface area contributed by atoms with Crippen molar-refractivity contribution in [3.63, 3.8) is 0 Å². The second kappa shape index (κ2) is 12.6. The number of nitrogen functional groups attached to an aromatic ring is 2. The van der Waals surface area contributed by atoms with Gasteiger partial charge in [-0.1, -0.05) is 39.0 Å². The van der Waals surface area contributed by atoms with Gasteiger partial charge >= 0.3 is 11.9 Å². The predicted octanol–water partition coefficient (Wildman–Crippen LogP) is 5.28. The van der Waals surface area contributed by atoms with E-state index in [2.05, 4.69) is 6.92 Å². The first-order valence-electron chi connectivity index (χ1n) is 12.6. The maximum Gasteiger partial charge on any atom is 0.330 e. The van der Waals surface area contributed by atoms with Crippen LogP contribution in [0.4, 0.5) is 11.4 Å². The first kappa shape index (κ1) is 27.3. The lowest BCUT2D eigenvalue weighted by Crippen LogP contribution is -2.29. The monoisotopic (exact) mass is 494 g/mol. The summed E-state index contributed by atoms with van der Waals surface area (Å²) in [6.07, 6.45) is 7.67. The molecule has 0 heterocycles. The van der Waals surface area contributed by atoms with Crippen LogP contribution in [-0.4, -0.2) is 31.3 Å². The standard InChI is InChI=1S/C29H38N2O5/c1-4-17-34-23-13-8-21(9-14-23)28(33)36-24-11-5-20(6-12-24)7-16-27(32)35-19-29(2,3)25-15-10-22(30)18-26(25)31/h5-7,10-12,15-16,18,21,23H,4,8-9,13-14,17,19,30-31H2,1-3H3/b16-7+. The highest BCUT2D eigenvalue weighted by Crippen LogP contribution is 2.30. The van der Waals surface area contributed by atoms with Crippen molar-refractivity contribution in [3.8, 4) is 5.75 Å². The van der Waals surface area contributed by atoms with Crippen LogP contribution in [0, 0.1) is 5.92 Å². The van der Waals surface area contributed by atoms with E-state index >= 15 is 0 Å². The van der Waals surface area contributed by atoms with E-state index in [-0.39, 0.29) is 24.6 Å². The Morgan fingerprint density at radius 3 is 2.36 bits per heavy atom. The van der Waals surface area contributed by atoms with Crippen molar-refractivity contribution in [3.05, 3.63) is 59.7 Å². The lowest BCUT2D eigenvalue weighted by Gasteiger charge is -2.27. The zero-order valence-electron chi connectivity index (χ0n) is 21.5. The van der Waals surface area contributed by atoms with E-state index in [1.807, 2.05) is 19.9 Å². The van der Waals surface area contributed by atoms with E-state index in [9.17, 15) is 9.59 Å². The van der Waals surface area contributed by atoms with Crippen LogP contribution in [0.25, 0.3) is 6.08 Å². The van der Waals surface area contributed by atoms with Gasteiger partial charge in [0.25, 0.3) is 0 Å². The molecule has 0 unspecified atom stereocenters. The molecule has 1 fully saturated rings. The van der Waals surface area contributed by atoms with Crippen molar-refractivity contribution < 1.29 is 23.8 Å². The van der Waals surface area contributed by atoms with Crippen LogP contribution in [0.3, 0.4) is 0 Å². The van der Waals surface area contributed by atoms with Crippen LogP contribution in [0.5, 0.6) is 5.75 Å². The molecule has 4 N–H and O–H groups in total. The molecule has 2 aromatic carbocycles. The van der Waals surface area contributed by atoms with E-state index in [0.717, 1.165) is 49.8 Å². The van der Waals surface area contributed by atoms with Crippen molar-refractivity contribution in [2.45, 2.75) is 64.4 Å². The second-order valence-corrected chi connectivity index (χ2v) is 10.0. The fraction of sp³-hybridized carbons (Fsp3) is 0.448. The zero-order chi connectivity index (χ0) is 26.1. The van der Waals surface area contributed by atoms with Gasteiger partial charge in [-0.25, -0.2) is 4.79 Å². The Hall–Kier alpha value is -3.32. The third-order valence-electron chi connectivity index (χ3n) is 6.46. The van der Waals surface area contributed by atoms with Gasteiger partial charge in [0.05, 0.1) is 12.0 Å². The van der Waals surface area contributed by atoms with Gasteiger partial charge in [-0.15, -0.1) is 0 Å². The molecule has 0 saturated heterocycles. The molecule has 0 atom stereocenters. The van der Waals surface area contributed by atoms with Gasteiger partial charge in [-0.05, 0) is 73.6 Å². The first-order chi connectivity index (χ1) is 17.2. The third kappa shape index (κ3) is 7.85. The number of nitrogens with two attached hydrogens (primary N) is 2. The Labute approximate surface area is 213 Å². The average molecular weight is 495 g/mol. The fourth-order valence-electron chi connectivity index (χ4n) is 4.34. The van der Waals surface area contributed by atoms with Gasteiger partial charge in [0.1, 0.15) is 12.4 Å². The minimum atomic E-state index is -0.464. The smallest absolute Gasteiger partial charge is 0.330 e. The van der Waals surface area contributed by atoms with Crippen molar-refractivity contribution in [2.24, 2.45) is 5.92 Å². The molecule has 7 heteroatoms. The zero-order valence-corrected chi connectivity index (χ0v) is 21.5. The summed E-state index contributed by atoms with van der Waals surface area (Å²) in [7, 11) is 0. The highest BCUT2D eigenvalue weighted by molar-refractivity contribution is 5.87. The molecule has 1 aliphatic rings. The van der Waals surface area contributed by atoms with Crippen LogP contribution in [0.2, 0.25) is 0 Å². The van der Waals surface area contributed by atoms with Gasteiger partial charge in [0.15, 0.2) is 0 Å². The summed E-state index contributed by atoms with van der Waals surface area (Å²) in [5.74, 6) is -0.244. The molecule has 194 valence electrons. The number of hydrogen-bond acceptors (Lipinski definition) is 7. The van der Waals surface area contributed by atoms with E-state index in [4.69, 9.17) is 25.7 Å². The summed E-state index contributed by atoms with van der Waals surface area (Å²) in [6.45, 7) is 6.95. The molecule has 2 aromatic rings. The minimum Gasteiger partial charge on any atom is -0.462 e. The van der Waals surface area contributed by atoms with Gasteiger partial charge in [-0.3, -0.25) is 4.79 Å². The van der Waals surface area contributed by atoms with Crippen LogP contribution in [-0.2, 0) is 24.5 Å². The van der Waals surface area contributed by atoms with Crippen molar-refractivity contribution in [2.75, 3.05) is 24.7 Å². The van der Waals surface area contributed by atoms with Crippen LogP contribution in [0.15, 0.2) is 48.5 Å². The molecule has 36 heavy (non-hydrogen) atoms. The van der Waals surface area contributed by atoms with E-state index in [1.54, 1.807) is 42.5 Å². The van der Waals surface area contributed by atoms with E-state index < -0.39 is 11.4 Å². The Morgan fingerprint density at radius 2 is 1.72 bits per heavy atom. The third-order valence-corrected chi connectivity index (χ3v) is 6.46. The molecule has 1 aliphatic carbocycles. The first-order valence-corrected chi connectivity index (χ1v) is 12.6. The maximum absolute atomic E-state index is 12.5. The number of carbonyl (C=O) groups is 2. The normalized spacial score (nSPS) is 18.2. The number of carbonyl (C=O) groups excluding carboxylic acids is 2. The van der Waals surface area contributed by atoms with Gasteiger partial charge in [0, 0.05) is 29.5 Å². The molecule has 0 amide bonds. The number of anilines is 2. The minimum absolute atomic E-state index is 0.0892. The maximum atomic E-state index is 12.5. The molecule has 0 aromatic heterocycles. The molecule has 3 rings (SSSR count). The predicted molar refractivity (Wildman–Crippen MR) is 142 cm³/mol. The Morgan fingerprint density at radius 1 is 1.03 bits per heavy atom. The topological polar surface area (TPSA) is 114 Å². The summed E-state index contributed by atoms with van der Waals surface area (Å²) < 4.78 is 16.8. The Kier molecular flexibility index (Phi) is 9.53. The number of hydrogen-bond donors (Lipinski definition) is 2. The highest BCUT2D eigenvalue weighted by Gasteiger charge is 2.28. The van der Waals surface area contributed by atoms with Crippen LogP contribution >= 0.6 is 0 Å². The molecule has 0 spiro atoms. The van der Waals surface area contributed by atoms with Gasteiger partial charge < -0.3 is 25.7 Å². The van der Waals surface area contributed by atoms with Crippen molar-refractivity contribution in [1.82, 2.24) is 0 Å². The quantitative estimate of drug-likeness (QED) is 0.200. The lowest BCUT2D eigenvalue weighted by molar-refractivity contribution is -0.141. The molecular formula is C29H38N2O5. The number of benzene rings is 2. The summed E-state index contributed by atoms with van der Waals surface area (Å²) in [4.78, 5) is 24.8. The molecule has 0 radical (unpaired) electrons. The molecular weight excluding hydrogens is 456 g/mol. The number of ether oxygens (including phenoxy) is 3. The van der Waals surface area contributed by atoms with E-state index in [0.29, 0.717) is 17.1 Å². The average Bonchev–Trinajstić information content (AvgIpc) is 2.86. The second-order valence-electron chi connectivity index (χ2n) is 10.0. The van der Waals surface area contributed by atoms with Crippen molar-refractivity contribution >= 4 is 29.4 Å². The molecule has 0 bridgehead atoms. The van der Waals surface area contributed by atoms with Crippen molar-refractivity contribution in [1.29, 1.82) is 0 Å². The fourth-order valence-corrected chi connectivity index (χ4v) is 4.34. The molecule has 0 aliphatic heterocycles. The number of esters is 2.